The van der Waals surface area contributed by atoms with E-state index in [4.69, 9.17) is 19.7 Å². The summed E-state index contributed by atoms with van der Waals surface area (Å²) in [4.78, 5) is 33.2. The number of nitrogen functional groups attached to an aromatic ring is 1. The number of para-hydroxylation sites is 1. The van der Waals surface area contributed by atoms with Crippen LogP contribution >= 0.6 is 7.52 Å². The highest BCUT2D eigenvalue weighted by molar-refractivity contribution is 7.57. The van der Waals surface area contributed by atoms with Crippen LogP contribution in [-0.4, -0.2) is 58.5 Å². The normalized spacial score (nSPS) is 13.5. The van der Waals surface area contributed by atoms with Gasteiger partial charge in [-0.15, -0.1) is 0 Å². The number of anilines is 1. The number of ether oxygens (including phenoxy) is 2. The lowest BCUT2D eigenvalue weighted by atomic mass is 10.3. The van der Waals surface area contributed by atoms with E-state index in [0.29, 0.717) is 24.2 Å². The van der Waals surface area contributed by atoms with Gasteiger partial charge in [-0.3, -0.25) is 14.3 Å². The third kappa shape index (κ3) is 9.25. The third-order valence-corrected chi connectivity index (χ3v) is 6.36. The van der Waals surface area contributed by atoms with Crippen molar-refractivity contribution < 1.29 is 23.4 Å². The number of benzene rings is 1. The predicted molar refractivity (Wildman–Crippen MR) is 134 cm³/mol. The highest BCUT2D eigenvalue weighted by atomic mass is 31.2. The number of fused-ring (bicyclic) bond motifs is 1. The standard InChI is InChI=1S/C17H21N6O5P.C5H12O/c1-12(9-24)22-29(26,28-13-5-3-2-4-6-13)11-27-8-7-23-10-19-14-15(23)20-17(18)21-16(14)25;1-3-4-5-6-2/h2-6,9-10,12H,7-8,11H2,1H3,(H,22,26)(H3,18,20,21,25);3-5H2,1-2H3. The van der Waals surface area contributed by atoms with E-state index in [9.17, 15) is 14.2 Å². The lowest BCUT2D eigenvalue weighted by Crippen LogP contribution is -2.28. The molecule has 0 saturated carbocycles. The molecule has 13 heteroatoms. The van der Waals surface area contributed by atoms with Crippen LogP contribution in [0, 0.1) is 0 Å². The second-order valence-electron chi connectivity index (χ2n) is 7.58. The van der Waals surface area contributed by atoms with E-state index in [2.05, 4.69) is 27.0 Å². The number of rotatable bonds is 13. The maximum absolute atomic E-state index is 13.1. The van der Waals surface area contributed by atoms with Gasteiger partial charge < -0.3 is 29.1 Å². The van der Waals surface area contributed by atoms with E-state index in [0.717, 1.165) is 6.61 Å². The Bertz CT molecular complexity index is 1150. The number of methoxy groups -OCH3 is 1. The summed E-state index contributed by atoms with van der Waals surface area (Å²) in [5, 5.41) is 2.68. The summed E-state index contributed by atoms with van der Waals surface area (Å²) >= 11 is 0. The molecular formula is C22H33N6O6P. The molecule has 192 valence electrons. The van der Waals surface area contributed by atoms with E-state index in [1.165, 1.54) is 19.2 Å². The molecular weight excluding hydrogens is 475 g/mol. The molecule has 3 aromatic rings. The number of carbonyl (C=O) groups is 1. The number of nitrogens with two attached hydrogens (primary N) is 1. The maximum atomic E-state index is 13.1. The molecule has 0 radical (unpaired) electrons. The molecule has 35 heavy (non-hydrogen) atoms. The highest BCUT2D eigenvalue weighted by Gasteiger charge is 2.27. The summed E-state index contributed by atoms with van der Waals surface area (Å²) in [5.41, 5.74) is 5.63. The number of nitrogens with one attached hydrogen (secondary N) is 2. The van der Waals surface area contributed by atoms with E-state index >= 15 is 0 Å². The van der Waals surface area contributed by atoms with Crippen molar-refractivity contribution in [1.29, 1.82) is 0 Å². The summed E-state index contributed by atoms with van der Waals surface area (Å²) < 4.78 is 30.6. The number of carbonyl (C=O) groups excluding carboxylic acids is 1. The average Bonchev–Trinajstić information content (AvgIpc) is 3.24. The first kappa shape index (κ1) is 28.2. The summed E-state index contributed by atoms with van der Waals surface area (Å²) in [7, 11) is -1.77. The van der Waals surface area contributed by atoms with Crippen LogP contribution < -0.4 is 20.9 Å². The molecule has 2 heterocycles. The zero-order chi connectivity index (χ0) is 25.7. The predicted octanol–water partition coefficient (Wildman–Crippen LogP) is 2.56. The fraction of sp³-hybridized carbons (Fsp3) is 0.455. The lowest BCUT2D eigenvalue weighted by Gasteiger charge is -2.22. The number of imidazole rings is 1. The molecule has 3 rings (SSSR count). The number of nitrogens with zero attached hydrogens (tertiary/aromatic N) is 3. The molecule has 4 N–H and O–H groups in total. The minimum atomic E-state index is -3.50. The molecule has 2 aromatic heterocycles. The molecule has 2 atom stereocenters. The van der Waals surface area contributed by atoms with E-state index in [1.807, 2.05) is 0 Å². The molecule has 0 aliphatic rings. The first-order valence-electron chi connectivity index (χ1n) is 11.2. The van der Waals surface area contributed by atoms with Crippen molar-refractivity contribution >= 4 is 30.9 Å². The number of hydrogen-bond donors (Lipinski definition) is 3. The molecule has 12 nitrogen and oxygen atoms in total. The monoisotopic (exact) mass is 508 g/mol. The van der Waals surface area contributed by atoms with Gasteiger partial charge in [0.25, 0.3) is 5.56 Å². The minimum absolute atomic E-state index is 0.0158. The Morgan fingerprint density at radius 3 is 2.66 bits per heavy atom. The van der Waals surface area contributed by atoms with Crippen molar-refractivity contribution in [2.24, 2.45) is 0 Å². The number of aromatic nitrogens is 4. The number of hydrogen-bond acceptors (Lipinski definition) is 9. The molecule has 0 saturated heterocycles. The molecule has 2 unspecified atom stereocenters. The van der Waals surface area contributed by atoms with Crippen LogP contribution in [0.15, 0.2) is 41.5 Å². The van der Waals surface area contributed by atoms with E-state index in [-0.39, 0.29) is 24.4 Å². The second-order valence-corrected chi connectivity index (χ2v) is 9.62. The first-order chi connectivity index (χ1) is 16.8. The van der Waals surface area contributed by atoms with Gasteiger partial charge in [0, 0.05) is 20.3 Å². The van der Waals surface area contributed by atoms with Crippen molar-refractivity contribution in [3.63, 3.8) is 0 Å². The van der Waals surface area contributed by atoms with Crippen molar-refractivity contribution in [3.8, 4) is 5.75 Å². The molecule has 0 amide bonds. The van der Waals surface area contributed by atoms with E-state index < -0.39 is 19.1 Å². The summed E-state index contributed by atoms with van der Waals surface area (Å²) in [6.45, 7) is 5.06. The van der Waals surface area contributed by atoms with E-state index in [1.54, 1.807) is 48.9 Å². The number of aldehydes is 1. The Labute approximate surface area is 203 Å². The van der Waals surface area contributed by atoms with Crippen LogP contribution in [0.2, 0.25) is 0 Å². The van der Waals surface area contributed by atoms with Gasteiger partial charge >= 0.3 is 7.52 Å². The van der Waals surface area contributed by atoms with Gasteiger partial charge in [-0.2, -0.15) is 4.98 Å². The van der Waals surface area contributed by atoms with Crippen molar-refractivity contribution in [1.82, 2.24) is 24.6 Å². The Kier molecular flexibility index (Phi) is 11.6. The van der Waals surface area contributed by atoms with Gasteiger partial charge in [-0.1, -0.05) is 31.5 Å². The first-order valence-corrected chi connectivity index (χ1v) is 13.0. The van der Waals surface area contributed by atoms with Gasteiger partial charge in [0.2, 0.25) is 5.95 Å². The fourth-order valence-electron chi connectivity index (χ4n) is 2.85. The minimum Gasteiger partial charge on any atom is -0.431 e. The van der Waals surface area contributed by atoms with Crippen LogP contribution in [0.1, 0.15) is 26.7 Å². The summed E-state index contributed by atoms with van der Waals surface area (Å²) in [5.74, 6) is 0.377. The zero-order valence-corrected chi connectivity index (χ0v) is 21.1. The smallest absolute Gasteiger partial charge is 0.342 e. The highest BCUT2D eigenvalue weighted by Crippen LogP contribution is 2.43. The van der Waals surface area contributed by atoms with Crippen LogP contribution in [0.4, 0.5) is 5.95 Å². The zero-order valence-electron chi connectivity index (χ0n) is 20.2. The molecule has 0 aliphatic carbocycles. The summed E-state index contributed by atoms with van der Waals surface area (Å²) in [6, 6.07) is 7.93. The van der Waals surface area contributed by atoms with Crippen LogP contribution in [-0.2, 0) is 25.4 Å². The largest absolute Gasteiger partial charge is 0.431 e. The summed E-state index contributed by atoms with van der Waals surface area (Å²) in [6.07, 6.45) is 4.24. The fourth-order valence-corrected chi connectivity index (χ4v) is 4.55. The Balaban J connectivity index is 0.000000641. The van der Waals surface area contributed by atoms with Crippen LogP contribution in [0.3, 0.4) is 0 Å². The third-order valence-electron chi connectivity index (χ3n) is 4.53. The SMILES string of the molecule is CC(C=O)NP(=O)(COCCn1cnc2c(=O)[nH]c(N)nc21)Oc1ccccc1.CCCCOC. The van der Waals surface area contributed by atoms with Crippen LogP contribution in [0.5, 0.6) is 5.75 Å². The number of H-pyrrole nitrogens is 1. The number of aromatic amines is 1. The maximum Gasteiger partial charge on any atom is 0.342 e. The lowest BCUT2D eigenvalue weighted by molar-refractivity contribution is -0.108. The van der Waals surface area contributed by atoms with Gasteiger partial charge in [0.05, 0.1) is 19.0 Å². The van der Waals surface area contributed by atoms with Gasteiger partial charge in [0.15, 0.2) is 11.2 Å². The molecule has 0 bridgehead atoms. The molecule has 0 fully saturated rings. The quantitative estimate of drug-likeness (QED) is 0.178. The average molecular weight is 509 g/mol. The van der Waals surface area contributed by atoms with Crippen molar-refractivity contribution in [3.05, 3.63) is 47.0 Å². The topological polar surface area (TPSA) is 163 Å². The van der Waals surface area contributed by atoms with Gasteiger partial charge in [-0.25, -0.2) is 10.1 Å². The van der Waals surface area contributed by atoms with Crippen LogP contribution in [0.25, 0.3) is 11.2 Å². The Morgan fingerprint density at radius 2 is 2.03 bits per heavy atom. The van der Waals surface area contributed by atoms with Crippen molar-refractivity contribution in [2.75, 3.05) is 32.4 Å². The second kappa shape index (κ2) is 14.4. The van der Waals surface area contributed by atoms with Gasteiger partial charge in [-0.05, 0) is 25.5 Å². The number of unbranched alkanes of at least 4 members (excludes halogenated alkanes) is 1. The molecule has 1 aromatic carbocycles. The molecule has 0 spiro atoms. The van der Waals surface area contributed by atoms with Gasteiger partial charge in [0.1, 0.15) is 18.4 Å². The molecule has 0 aliphatic heterocycles. The Morgan fingerprint density at radius 1 is 1.29 bits per heavy atom. The Hall–Kier alpha value is -3.05. The van der Waals surface area contributed by atoms with Crippen molar-refractivity contribution in [2.45, 2.75) is 39.3 Å².